The first-order valence-corrected chi connectivity index (χ1v) is 9.22. The number of aromatic nitrogens is 4. The number of hydrogen-bond acceptors (Lipinski definition) is 5. The molecule has 3 unspecified atom stereocenters. The zero-order valence-electron chi connectivity index (χ0n) is 15.4. The van der Waals surface area contributed by atoms with Crippen LogP contribution in [0.5, 0.6) is 5.88 Å². The average Bonchev–Trinajstić information content (AvgIpc) is 3.21. The number of methoxy groups -OCH3 is 1. The SMILES string of the molecule is COc1ccc(Cn2nc3n(c2=O)C(C(=O)N2CC(F)C(F)C2)CCC3)cn1. The Morgan fingerprint density at radius 3 is 2.68 bits per heavy atom. The molecule has 28 heavy (non-hydrogen) atoms. The van der Waals surface area contributed by atoms with Gasteiger partial charge in [0, 0.05) is 18.7 Å². The quantitative estimate of drug-likeness (QED) is 0.771. The maximum absolute atomic E-state index is 13.5. The Labute approximate surface area is 159 Å². The second-order valence-electron chi connectivity index (χ2n) is 7.12. The summed E-state index contributed by atoms with van der Waals surface area (Å²) in [6.45, 7) is -0.335. The molecule has 150 valence electrons. The molecule has 1 fully saturated rings. The summed E-state index contributed by atoms with van der Waals surface area (Å²) in [5.74, 6) is 0.564. The predicted molar refractivity (Wildman–Crippen MR) is 94.7 cm³/mol. The van der Waals surface area contributed by atoms with Crippen molar-refractivity contribution < 1.29 is 18.3 Å². The number of hydrogen-bond donors (Lipinski definition) is 0. The van der Waals surface area contributed by atoms with Gasteiger partial charge in [-0.15, -0.1) is 0 Å². The van der Waals surface area contributed by atoms with Crippen LogP contribution in [0.4, 0.5) is 8.78 Å². The van der Waals surface area contributed by atoms with Gasteiger partial charge in [-0.3, -0.25) is 9.36 Å². The van der Waals surface area contributed by atoms with E-state index in [1.807, 2.05) is 0 Å². The lowest BCUT2D eigenvalue weighted by Crippen LogP contribution is -2.42. The van der Waals surface area contributed by atoms with Gasteiger partial charge in [-0.05, 0) is 18.4 Å². The molecule has 2 aromatic heterocycles. The summed E-state index contributed by atoms with van der Waals surface area (Å²) in [5.41, 5.74) is 0.359. The number of carbonyl (C=O) groups is 1. The van der Waals surface area contributed by atoms with Gasteiger partial charge in [0.15, 0.2) is 12.3 Å². The van der Waals surface area contributed by atoms with Gasteiger partial charge in [-0.2, -0.15) is 5.10 Å². The summed E-state index contributed by atoms with van der Waals surface area (Å²) < 4.78 is 34.7. The largest absolute Gasteiger partial charge is 0.481 e. The van der Waals surface area contributed by atoms with Crippen molar-refractivity contribution in [2.24, 2.45) is 0 Å². The molecule has 0 bridgehead atoms. The number of nitrogens with zero attached hydrogens (tertiary/aromatic N) is 5. The Hall–Kier alpha value is -2.78. The van der Waals surface area contributed by atoms with Gasteiger partial charge in [0.1, 0.15) is 11.9 Å². The van der Waals surface area contributed by atoms with Crippen molar-refractivity contribution in [3.8, 4) is 5.88 Å². The predicted octanol–water partition coefficient (Wildman–Crippen LogP) is 0.892. The van der Waals surface area contributed by atoms with Gasteiger partial charge in [0.05, 0.1) is 26.7 Å². The molecule has 0 aromatic carbocycles. The van der Waals surface area contributed by atoms with Crippen molar-refractivity contribution in [1.82, 2.24) is 24.2 Å². The fraction of sp³-hybridized carbons (Fsp3) is 0.556. The van der Waals surface area contributed by atoms with Crippen LogP contribution in [0.25, 0.3) is 0 Å². The van der Waals surface area contributed by atoms with Gasteiger partial charge in [0.2, 0.25) is 11.8 Å². The van der Waals surface area contributed by atoms with E-state index in [4.69, 9.17) is 4.74 Å². The average molecular weight is 393 g/mol. The number of halogens is 2. The van der Waals surface area contributed by atoms with Crippen LogP contribution in [0.2, 0.25) is 0 Å². The van der Waals surface area contributed by atoms with E-state index in [-0.39, 0.29) is 19.6 Å². The first kappa shape index (κ1) is 18.6. The number of amides is 1. The van der Waals surface area contributed by atoms with Crippen LogP contribution < -0.4 is 10.4 Å². The molecular formula is C18H21F2N5O3. The third-order valence-electron chi connectivity index (χ3n) is 5.25. The van der Waals surface area contributed by atoms with Gasteiger partial charge >= 0.3 is 5.69 Å². The van der Waals surface area contributed by atoms with Gasteiger partial charge in [-0.1, -0.05) is 6.07 Å². The molecule has 3 atom stereocenters. The number of fused-ring (bicyclic) bond motifs is 1. The maximum atomic E-state index is 13.5. The molecule has 0 radical (unpaired) electrons. The number of ether oxygens (including phenoxy) is 1. The van der Waals surface area contributed by atoms with E-state index in [2.05, 4.69) is 10.1 Å². The maximum Gasteiger partial charge on any atom is 0.346 e. The third kappa shape index (κ3) is 3.27. The molecule has 1 amide bonds. The summed E-state index contributed by atoms with van der Waals surface area (Å²) in [4.78, 5) is 31.0. The molecule has 4 rings (SSSR count). The fourth-order valence-corrected chi connectivity index (χ4v) is 3.78. The monoisotopic (exact) mass is 393 g/mol. The molecule has 0 saturated carbocycles. The number of rotatable bonds is 4. The molecule has 10 heteroatoms. The third-order valence-corrected chi connectivity index (χ3v) is 5.25. The minimum Gasteiger partial charge on any atom is -0.481 e. The van der Waals surface area contributed by atoms with Crippen LogP contribution in [0, 0.1) is 0 Å². The van der Waals surface area contributed by atoms with Crippen molar-refractivity contribution in [3.05, 3.63) is 40.2 Å². The molecular weight excluding hydrogens is 372 g/mol. The van der Waals surface area contributed by atoms with Crippen LogP contribution >= 0.6 is 0 Å². The van der Waals surface area contributed by atoms with Crippen molar-refractivity contribution in [2.45, 2.75) is 44.2 Å². The topological polar surface area (TPSA) is 82.2 Å². The minimum absolute atomic E-state index is 0.208. The van der Waals surface area contributed by atoms with E-state index in [1.165, 1.54) is 21.3 Å². The summed E-state index contributed by atoms with van der Waals surface area (Å²) in [7, 11) is 1.52. The first-order chi connectivity index (χ1) is 13.5. The molecule has 2 aliphatic rings. The van der Waals surface area contributed by atoms with E-state index in [0.29, 0.717) is 31.0 Å². The van der Waals surface area contributed by atoms with E-state index in [0.717, 1.165) is 5.56 Å². The lowest BCUT2D eigenvalue weighted by Gasteiger charge is -2.26. The Morgan fingerprint density at radius 1 is 1.29 bits per heavy atom. The summed E-state index contributed by atoms with van der Waals surface area (Å²) in [6.07, 6.45) is -0.0404. The second kappa shape index (κ2) is 7.33. The van der Waals surface area contributed by atoms with Crippen molar-refractivity contribution >= 4 is 5.91 Å². The van der Waals surface area contributed by atoms with Crippen LogP contribution in [0.3, 0.4) is 0 Å². The fourth-order valence-electron chi connectivity index (χ4n) is 3.78. The first-order valence-electron chi connectivity index (χ1n) is 9.22. The number of carbonyl (C=O) groups excluding carboxylic acids is 1. The summed E-state index contributed by atoms with van der Waals surface area (Å²) in [6, 6.07) is 2.71. The van der Waals surface area contributed by atoms with E-state index in [1.54, 1.807) is 18.3 Å². The Bertz CT molecular complexity index is 916. The molecule has 2 aromatic rings. The zero-order valence-corrected chi connectivity index (χ0v) is 15.4. The lowest BCUT2D eigenvalue weighted by atomic mass is 10.0. The zero-order chi connectivity index (χ0) is 19.8. The van der Waals surface area contributed by atoms with E-state index >= 15 is 0 Å². The Kier molecular flexibility index (Phi) is 4.86. The van der Waals surface area contributed by atoms with Crippen molar-refractivity contribution in [2.75, 3.05) is 20.2 Å². The lowest BCUT2D eigenvalue weighted by molar-refractivity contribution is -0.134. The molecule has 0 aliphatic carbocycles. The minimum atomic E-state index is -1.67. The van der Waals surface area contributed by atoms with Crippen molar-refractivity contribution in [1.29, 1.82) is 0 Å². The molecule has 4 heterocycles. The van der Waals surface area contributed by atoms with Crippen LogP contribution in [0.1, 0.15) is 30.3 Å². The summed E-state index contributed by atoms with van der Waals surface area (Å²) >= 11 is 0. The van der Waals surface area contributed by atoms with E-state index in [9.17, 15) is 18.4 Å². The highest BCUT2D eigenvalue weighted by Gasteiger charge is 2.40. The summed E-state index contributed by atoms with van der Waals surface area (Å²) in [5, 5.41) is 4.37. The molecule has 2 aliphatic heterocycles. The molecule has 8 nitrogen and oxygen atoms in total. The number of likely N-dealkylation sites (tertiary alicyclic amines) is 1. The highest BCUT2D eigenvalue weighted by atomic mass is 19.2. The number of pyridine rings is 1. The number of aryl methyl sites for hydroxylation is 1. The standard InChI is InChI=1S/C18H21F2N5O3/c1-28-16-6-5-11(7-21-16)8-24-18(27)25-14(3-2-4-15(25)22-24)17(26)23-9-12(19)13(20)10-23/h5-7,12-14H,2-4,8-10H2,1H3. The van der Waals surface area contributed by atoms with Crippen molar-refractivity contribution in [3.63, 3.8) is 0 Å². The highest BCUT2D eigenvalue weighted by molar-refractivity contribution is 5.81. The Balaban J connectivity index is 1.59. The smallest absolute Gasteiger partial charge is 0.346 e. The van der Waals surface area contributed by atoms with E-state index < -0.39 is 30.0 Å². The number of alkyl halides is 2. The van der Waals surface area contributed by atoms with Gasteiger partial charge in [0.25, 0.3) is 0 Å². The normalized spacial score (nSPS) is 24.2. The van der Waals surface area contributed by atoms with Gasteiger partial charge in [-0.25, -0.2) is 23.2 Å². The Morgan fingerprint density at radius 2 is 2.04 bits per heavy atom. The van der Waals surface area contributed by atoms with Crippen LogP contribution in [0.15, 0.2) is 23.1 Å². The highest BCUT2D eigenvalue weighted by Crippen LogP contribution is 2.27. The van der Waals surface area contributed by atoms with Gasteiger partial charge < -0.3 is 9.64 Å². The van der Waals surface area contributed by atoms with Crippen LogP contribution in [-0.4, -0.2) is 62.7 Å². The van der Waals surface area contributed by atoms with Crippen LogP contribution in [-0.2, 0) is 17.8 Å². The molecule has 0 spiro atoms. The second-order valence-corrected chi connectivity index (χ2v) is 7.12. The molecule has 1 saturated heterocycles. The molecule has 0 N–H and O–H groups in total.